The van der Waals surface area contributed by atoms with Crippen molar-refractivity contribution >= 4 is 5.97 Å². The molecule has 2 unspecified atom stereocenters. The summed E-state index contributed by atoms with van der Waals surface area (Å²) in [5.74, 6) is 0.671. The predicted octanol–water partition coefficient (Wildman–Crippen LogP) is 2.74. The highest BCUT2D eigenvalue weighted by Gasteiger charge is 2.25. The van der Waals surface area contributed by atoms with Crippen molar-refractivity contribution in [3.8, 4) is 5.75 Å². The number of carboxylic acids is 1. The lowest BCUT2D eigenvalue weighted by atomic mass is 9.92. The summed E-state index contributed by atoms with van der Waals surface area (Å²) in [6.07, 6.45) is 1.19. The van der Waals surface area contributed by atoms with E-state index in [-0.39, 0.29) is 12.5 Å². The van der Waals surface area contributed by atoms with Crippen molar-refractivity contribution in [3.05, 3.63) is 29.8 Å². The Hall–Kier alpha value is -1.55. The molecule has 4 nitrogen and oxygen atoms in total. The van der Waals surface area contributed by atoms with Gasteiger partial charge in [-0.25, -0.2) is 0 Å². The van der Waals surface area contributed by atoms with Crippen LogP contribution in [-0.4, -0.2) is 41.7 Å². The number of hydrogen-bond acceptors (Lipinski definition) is 3. The molecule has 1 N–H and O–H groups in total. The van der Waals surface area contributed by atoms with Gasteiger partial charge in [-0.15, -0.1) is 0 Å². The molecule has 1 aliphatic heterocycles. The molecule has 20 heavy (non-hydrogen) atoms. The van der Waals surface area contributed by atoms with Crippen LogP contribution in [0.15, 0.2) is 24.3 Å². The second kappa shape index (κ2) is 6.75. The normalized spacial score (nSPS) is 19.2. The van der Waals surface area contributed by atoms with Crippen LogP contribution >= 0.6 is 0 Å². The summed E-state index contributed by atoms with van der Waals surface area (Å²) in [4.78, 5) is 13.1. The van der Waals surface area contributed by atoms with Crippen LogP contribution in [-0.2, 0) is 4.79 Å². The molecular formula is C16H23NO3. The number of aliphatic carboxylic acids is 1. The first-order chi connectivity index (χ1) is 9.61. The van der Waals surface area contributed by atoms with Crippen molar-refractivity contribution in [3.63, 3.8) is 0 Å². The highest BCUT2D eigenvalue weighted by Crippen LogP contribution is 2.34. The zero-order valence-corrected chi connectivity index (χ0v) is 12.2. The van der Waals surface area contributed by atoms with E-state index in [1.807, 2.05) is 25.1 Å². The molecule has 1 aromatic carbocycles. The molecule has 0 saturated carbocycles. The van der Waals surface area contributed by atoms with Gasteiger partial charge < -0.3 is 9.84 Å². The van der Waals surface area contributed by atoms with Crippen molar-refractivity contribution in [2.45, 2.75) is 38.6 Å². The maximum absolute atomic E-state index is 10.9. The first-order valence-electron chi connectivity index (χ1n) is 7.29. The van der Waals surface area contributed by atoms with E-state index >= 15 is 0 Å². The van der Waals surface area contributed by atoms with E-state index in [9.17, 15) is 4.79 Å². The van der Waals surface area contributed by atoms with E-state index in [2.05, 4.69) is 17.9 Å². The minimum Gasteiger partial charge on any atom is -0.493 e. The topological polar surface area (TPSA) is 49.8 Å². The summed E-state index contributed by atoms with van der Waals surface area (Å²) in [7, 11) is 0. The van der Waals surface area contributed by atoms with Gasteiger partial charge in [-0.3, -0.25) is 9.69 Å². The van der Waals surface area contributed by atoms with Gasteiger partial charge in [0.2, 0.25) is 0 Å². The molecule has 0 amide bonds. The minimum atomic E-state index is -0.733. The molecule has 0 aliphatic carbocycles. The predicted molar refractivity (Wildman–Crippen MR) is 78.3 cm³/mol. The average Bonchev–Trinajstić information content (AvgIpc) is 2.44. The fraction of sp³-hybridized carbons (Fsp3) is 0.562. The van der Waals surface area contributed by atoms with Gasteiger partial charge in [0.1, 0.15) is 5.75 Å². The summed E-state index contributed by atoms with van der Waals surface area (Å²) in [5.41, 5.74) is 1.25. The van der Waals surface area contributed by atoms with E-state index in [1.54, 1.807) is 0 Å². The zero-order valence-electron chi connectivity index (χ0n) is 12.2. The Morgan fingerprint density at radius 3 is 2.95 bits per heavy atom. The summed E-state index contributed by atoms with van der Waals surface area (Å²) >= 11 is 0. The molecule has 0 bridgehead atoms. The molecule has 1 aliphatic rings. The third kappa shape index (κ3) is 3.51. The summed E-state index contributed by atoms with van der Waals surface area (Å²) in [5, 5.41) is 8.95. The summed E-state index contributed by atoms with van der Waals surface area (Å²) in [6.45, 7) is 6.58. The van der Waals surface area contributed by atoms with Gasteiger partial charge in [-0.1, -0.05) is 25.1 Å². The monoisotopic (exact) mass is 277 g/mol. The van der Waals surface area contributed by atoms with Gasteiger partial charge >= 0.3 is 5.97 Å². The van der Waals surface area contributed by atoms with Gasteiger partial charge in [0.15, 0.2) is 0 Å². The number of nitrogens with zero attached hydrogens (tertiary/aromatic N) is 1. The van der Waals surface area contributed by atoms with Crippen LogP contribution in [0.1, 0.15) is 38.2 Å². The van der Waals surface area contributed by atoms with Gasteiger partial charge in [0, 0.05) is 18.5 Å². The maximum Gasteiger partial charge on any atom is 0.304 e. The van der Waals surface area contributed by atoms with Crippen molar-refractivity contribution in [2.24, 2.45) is 0 Å². The van der Waals surface area contributed by atoms with Crippen LogP contribution in [0.4, 0.5) is 0 Å². The van der Waals surface area contributed by atoms with Crippen molar-refractivity contribution < 1.29 is 14.6 Å². The number of carboxylic acid groups (broad SMARTS) is 1. The first kappa shape index (κ1) is 14.9. The largest absolute Gasteiger partial charge is 0.493 e. The Labute approximate surface area is 120 Å². The van der Waals surface area contributed by atoms with Crippen molar-refractivity contribution in [1.29, 1.82) is 0 Å². The van der Waals surface area contributed by atoms with Crippen molar-refractivity contribution in [2.75, 3.05) is 19.7 Å². The van der Waals surface area contributed by atoms with E-state index in [4.69, 9.17) is 9.84 Å². The second-order valence-electron chi connectivity index (χ2n) is 5.41. The van der Waals surface area contributed by atoms with E-state index < -0.39 is 5.97 Å². The van der Waals surface area contributed by atoms with E-state index in [1.165, 1.54) is 5.56 Å². The summed E-state index contributed by atoms with van der Waals surface area (Å²) in [6, 6.07) is 8.23. The summed E-state index contributed by atoms with van der Waals surface area (Å²) < 4.78 is 5.68. The van der Waals surface area contributed by atoms with Crippen LogP contribution < -0.4 is 4.74 Å². The molecule has 2 rings (SSSR count). The Bertz CT molecular complexity index is 461. The molecule has 2 atom stereocenters. The second-order valence-corrected chi connectivity index (χ2v) is 5.41. The Kier molecular flexibility index (Phi) is 5.01. The number of para-hydroxylation sites is 1. The average molecular weight is 277 g/mol. The van der Waals surface area contributed by atoms with Crippen molar-refractivity contribution in [1.82, 2.24) is 4.90 Å². The quantitative estimate of drug-likeness (QED) is 0.868. The molecule has 0 aromatic heterocycles. The molecule has 0 saturated heterocycles. The number of rotatable bonds is 6. The highest BCUT2D eigenvalue weighted by molar-refractivity contribution is 5.67. The zero-order chi connectivity index (χ0) is 14.5. The van der Waals surface area contributed by atoms with Gasteiger partial charge in [0.05, 0.1) is 13.0 Å². The number of benzene rings is 1. The fourth-order valence-electron chi connectivity index (χ4n) is 2.89. The molecular weight excluding hydrogens is 254 g/mol. The van der Waals surface area contributed by atoms with Gasteiger partial charge in [-0.05, 0) is 31.5 Å². The Morgan fingerprint density at radius 2 is 2.25 bits per heavy atom. The molecule has 0 radical (unpaired) electrons. The highest BCUT2D eigenvalue weighted by atomic mass is 16.5. The molecule has 0 fully saturated rings. The molecule has 4 heteroatoms. The lowest BCUT2D eigenvalue weighted by Crippen LogP contribution is -2.38. The Morgan fingerprint density at radius 1 is 1.50 bits per heavy atom. The minimum absolute atomic E-state index is 0.0625. The van der Waals surface area contributed by atoms with E-state index in [0.29, 0.717) is 5.92 Å². The molecule has 0 spiro atoms. The molecule has 1 aromatic rings. The number of carbonyl (C=O) groups is 1. The lowest BCUT2D eigenvalue weighted by molar-refractivity contribution is -0.138. The van der Waals surface area contributed by atoms with Crippen LogP contribution in [0.2, 0.25) is 0 Å². The number of likely N-dealkylation sites (N-methyl/N-ethyl adjacent to an activating group) is 1. The molecule has 110 valence electrons. The van der Waals surface area contributed by atoms with E-state index in [0.717, 1.165) is 31.9 Å². The van der Waals surface area contributed by atoms with Gasteiger partial charge in [-0.2, -0.15) is 0 Å². The first-order valence-corrected chi connectivity index (χ1v) is 7.29. The van der Waals surface area contributed by atoms with Gasteiger partial charge in [0.25, 0.3) is 0 Å². The lowest BCUT2D eigenvalue weighted by Gasteiger charge is -2.33. The van der Waals surface area contributed by atoms with Crippen LogP contribution in [0, 0.1) is 0 Å². The molecule has 1 heterocycles. The maximum atomic E-state index is 10.9. The third-order valence-electron chi connectivity index (χ3n) is 4.04. The fourth-order valence-corrected chi connectivity index (χ4v) is 2.89. The number of hydrogen-bond donors (Lipinski definition) is 1. The standard InChI is InChI=1S/C16H23NO3/c1-3-17(12(2)10-16(18)19)11-13-8-9-20-15-7-5-4-6-14(13)15/h4-7,12-13H,3,8-11H2,1-2H3,(H,18,19). The SMILES string of the molecule is CCN(CC1CCOc2ccccc21)C(C)CC(=O)O. The third-order valence-corrected chi connectivity index (χ3v) is 4.04. The smallest absolute Gasteiger partial charge is 0.304 e. The number of fused-ring (bicyclic) bond motifs is 1. The Balaban J connectivity index is 2.07. The number of ether oxygens (including phenoxy) is 1. The van der Waals surface area contributed by atoms with Crippen LogP contribution in [0.25, 0.3) is 0 Å². The van der Waals surface area contributed by atoms with Crippen LogP contribution in [0.5, 0.6) is 5.75 Å². The van der Waals surface area contributed by atoms with Crippen LogP contribution in [0.3, 0.4) is 0 Å².